The summed E-state index contributed by atoms with van der Waals surface area (Å²) in [7, 11) is 0. The van der Waals surface area contributed by atoms with E-state index in [4.69, 9.17) is 10.2 Å². The molecule has 0 bridgehead atoms. The van der Waals surface area contributed by atoms with Gasteiger partial charge in [0.05, 0.1) is 0 Å². The summed E-state index contributed by atoms with van der Waals surface area (Å²) >= 11 is 9.16. The number of unbranched alkanes of at least 4 members (excludes halogenated alkanes) is 1. The van der Waals surface area contributed by atoms with E-state index in [0.717, 1.165) is 19.3 Å². The molecule has 0 amide bonds. The van der Waals surface area contributed by atoms with Crippen molar-refractivity contribution < 1.29 is 10.2 Å². The van der Waals surface area contributed by atoms with Crippen molar-refractivity contribution in [1.82, 2.24) is 0 Å². The van der Waals surface area contributed by atoms with Gasteiger partial charge in [-0.25, -0.2) is 0 Å². The third-order valence-corrected chi connectivity index (χ3v) is 2.18. The zero-order valence-corrected chi connectivity index (χ0v) is 8.75. The Kier molecular flexibility index (Phi) is 6.20. The maximum atomic E-state index is 9.05. The van der Waals surface area contributed by atoms with Gasteiger partial charge in [-0.3, -0.25) is 0 Å². The van der Waals surface area contributed by atoms with Crippen molar-refractivity contribution in [2.75, 3.05) is 0 Å². The first-order valence-corrected chi connectivity index (χ1v) is 4.84. The van der Waals surface area contributed by atoms with Crippen LogP contribution in [0.3, 0.4) is 0 Å². The molecule has 0 aliphatic rings. The van der Waals surface area contributed by atoms with Crippen LogP contribution in [0, 0.1) is 5.92 Å². The molecule has 0 heterocycles. The molecule has 1 unspecified atom stereocenters. The van der Waals surface area contributed by atoms with Gasteiger partial charge in [0.25, 0.3) is 0 Å². The maximum absolute atomic E-state index is 9.05. The van der Waals surface area contributed by atoms with Crippen molar-refractivity contribution in [3.63, 3.8) is 0 Å². The predicted molar refractivity (Wildman–Crippen MR) is 58.1 cm³/mol. The summed E-state index contributed by atoms with van der Waals surface area (Å²) in [4.78, 5) is 0. The fourth-order valence-electron chi connectivity index (χ4n) is 0.974. The molecule has 0 aromatic rings. The molecule has 0 rings (SSSR count). The highest BCUT2D eigenvalue weighted by Crippen LogP contribution is 2.14. The summed E-state index contributed by atoms with van der Waals surface area (Å²) in [5.41, 5.74) is 0. The molecule has 0 fully saturated rings. The van der Waals surface area contributed by atoms with E-state index in [0.29, 0.717) is 6.42 Å². The Hall–Kier alpha value is -0.220. The van der Waals surface area contributed by atoms with Gasteiger partial charge in [-0.1, -0.05) is 19.8 Å². The van der Waals surface area contributed by atoms with E-state index in [-0.39, 0.29) is 16.0 Å². The Bertz CT molecular complexity index is 168. The van der Waals surface area contributed by atoms with Gasteiger partial charge in [0.15, 0.2) is 10.1 Å². The molecule has 0 spiro atoms. The minimum atomic E-state index is -0.141. The summed E-state index contributed by atoms with van der Waals surface area (Å²) in [5, 5.41) is 17.8. The molecule has 2 N–H and O–H groups in total. The van der Waals surface area contributed by atoms with Crippen LogP contribution in [0.1, 0.15) is 32.6 Å². The summed E-state index contributed by atoms with van der Waals surface area (Å²) in [5.74, 6) is -0.141. The number of rotatable bonds is 6. The normalized spacial score (nSPS) is 12.4. The molecule has 0 aromatic heterocycles. The summed E-state index contributed by atoms with van der Waals surface area (Å²) in [6.07, 6.45) is 3.16. The van der Waals surface area contributed by atoms with Crippen molar-refractivity contribution in [2.45, 2.75) is 32.6 Å². The number of aliphatic hydroxyl groups excluding tert-OH is 2. The maximum Gasteiger partial charge on any atom is 0.160 e. The summed E-state index contributed by atoms with van der Waals surface area (Å²) in [6.45, 7) is 2.06. The lowest BCUT2D eigenvalue weighted by Crippen LogP contribution is -2.15. The van der Waals surface area contributed by atoms with Gasteiger partial charge in [0.1, 0.15) is 0 Å². The zero-order valence-electron chi connectivity index (χ0n) is 7.12. The number of thiocarbonyl (C=S) groups is 2. The van der Waals surface area contributed by atoms with Crippen LogP contribution in [0.25, 0.3) is 0 Å². The smallest absolute Gasteiger partial charge is 0.160 e. The van der Waals surface area contributed by atoms with E-state index in [2.05, 4.69) is 31.4 Å². The third-order valence-electron chi connectivity index (χ3n) is 1.68. The quantitative estimate of drug-likeness (QED) is 0.656. The van der Waals surface area contributed by atoms with Crippen LogP contribution < -0.4 is 0 Å². The molecule has 0 aliphatic heterocycles. The predicted octanol–water partition coefficient (Wildman–Crippen LogP) is 2.95. The first-order chi connectivity index (χ1) is 5.57. The highest BCUT2D eigenvalue weighted by Gasteiger charge is 2.14. The minimum Gasteiger partial charge on any atom is -0.502 e. The SMILES string of the molecule is CCCCC(CC(O)=S)C(O)=S. The van der Waals surface area contributed by atoms with Gasteiger partial charge in [-0.15, -0.1) is 0 Å². The zero-order chi connectivity index (χ0) is 9.56. The molecule has 0 aliphatic carbocycles. The van der Waals surface area contributed by atoms with E-state index in [1.807, 2.05) is 0 Å². The van der Waals surface area contributed by atoms with E-state index in [9.17, 15) is 0 Å². The third kappa shape index (κ3) is 5.43. The van der Waals surface area contributed by atoms with Crippen molar-refractivity contribution in [3.8, 4) is 0 Å². The molecule has 70 valence electrons. The van der Waals surface area contributed by atoms with Gasteiger partial charge >= 0.3 is 0 Å². The molecule has 4 heteroatoms. The highest BCUT2D eigenvalue weighted by molar-refractivity contribution is 7.80. The van der Waals surface area contributed by atoms with Crippen LogP contribution >= 0.6 is 24.4 Å². The first kappa shape index (κ1) is 11.8. The second-order valence-electron chi connectivity index (χ2n) is 2.78. The molecule has 0 saturated carbocycles. The minimum absolute atomic E-state index is 0.0418. The number of hydrogen-bond donors (Lipinski definition) is 2. The van der Waals surface area contributed by atoms with E-state index < -0.39 is 0 Å². The molecule has 12 heavy (non-hydrogen) atoms. The van der Waals surface area contributed by atoms with Crippen molar-refractivity contribution >= 4 is 34.5 Å². The van der Waals surface area contributed by atoms with Crippen LogP contribution in [-0.2, 0) is 0 Å². The van der Waals surface area contributed by atoms with E-state index in [1.54, 1.807) is 0 Å². The van der Waals surface area contributed by atoms with Gasteiger partial charge in [-0.2, -0.15) is 0 Å². The lowest BCUT2D eigenvalue weighted by Gasteiger charge is -2.11. The van der Waals surface area contributed by atoms with Gasteiger partial charge in [0, 0.05) is 12.3 Å². The summed E-state index contributed by atoms with van der Waals surface area (Å²) < 4.78 is 0. The van der Waals surface area contributed by atoms with Crippen molar-refractivity contribution in [1.29, 1.82) is 0 Å². The van der Waals surface area contributed by atoms with Gasteiger partial charge < -0.3 is 10.2 Å². The lowest BCUT2D eigenvalue weighted by atomic mass is 10.00. The van der Waals surface area contributed by atoms with Crippen molar-refractivity contribution in [3.05, 3.63) is 0 Å². The van der Waals surface area contributed by atoms with Crippen LogP contribution in [0.2, 0.25) is 0 Å². The highest BCUT2D eigenvalue weighted by atomic mass is 32.1. The summed E-state index contributed by atoms with van der Waals surface area (Å²) in [6, 6.07) is 0. The Labute approximate surface area is 83.6 Å². The molecule has 0 saturated heterocycles. The Morgan fingerprint density at radius 3 is 2.25 bits per heavy atom. The Balaban J connectivity index is 3.87. The second-order valence-corrected chi connectivity index (χ2v) is 3.66. The molecule has 2 nitrogen and oxygen atoms in total. The van der Waals surface area contributed by atoms with Crippen molar-refractivity contribution in [2.24, 2.45) is 5.92 Å². The molecular weight excluding hydrogens is 192 g/mol. The van der Waals surface area contributed by atoms with Gasteiger partial charge in [-0.05, 0) is 30.9 Å². The lowest BCUT2D eigenvalue weighted by molar-refractivity contribution is 0.454. The van der Waals surface area contributed by atoms with Crippen LogP contribution in [0.15, 0.2) is 0 Å². The number of aliphatic hydroxyl groups is 2. The average Bonchev–Trinajstić information content (AvgIpc) is 1.96. The monoisotopic (exact) mass is 206 g/mol. The van der Waals surface area contributed by atoms with Crippen LogP contribution in [-0.4, -0.2) is 20.3 Å². The Morgan fingerprint density at radius 1 is 1.33 bits per heavy atom. The fraction of sp³-hybridized carbons (Fsp3) is 0.750. The largest absolute Gasteiger partial charge is 0.502 e. The van der Waals surface area contributed by atoms with E-state index in [1.165, 1.54) is 0 Å². The molecule has 1 atom stereocenters. The van der Waals surface area contributed by atoms with E-state index >= 15 is 0 Å². The number of hydrogen-bond acceptors (Lipinski definition) is 2. The van der Waals surface area contributed by atoms with Gasteiger partial charge in [0.2, 0.25) is 0 Å². The standard InChI is InChI=1S/C8H14O2S2/c1-2-3-4-6(8(10)12)5-7(9)11/h6H,2-5H2,1H3,(H,9,11)(H,10,12). The van der Waals surface area contributed by atoms with Crippen LogP contribution in [0.5, 0.6) is 0 Å². The average molecular weight is 206 g/mol. The topological polar surface area (TPSA) is 40.5 Å². The fourth-order valence-corrected chi connectivity index (χ4v) is 1.38. The first-order valence-electron chi connectivity index (χ1n) is 4.02. The van der Waals surface area contributed by atoms with Crippen LogP contribution in [0.4, 0.5) is 0 Å². The molecule has 0 aromatic carbocycles. The molecular formula is C8H14O2S2. The second kappa shape index (κ2) is 6.31. The molecule has 0 radical (unpaired) electrons. The Morgan fingerprint density at radius 2 is 1.92 bits per heavy atom.